The highest BCUT2D eigenvalue weighted by molar-refractivity contribution is 6.06. The summed E-state index contributed by atoms with van der Waals surface area (Å²) in [6, 6.07) is 52.4. The van der Waals surface area contributed by atoms with E-state index in [0.29, 0.717) is 0 Å². The summed E-state index contributed by atoms with van der Waals surface area (Å²) in [7, 11) is 0. The number of benzene rings is 6. The number of furan rings is 1. The van der Waals surface area contributed by atoms with Crippen molar-refractivity contribution in [2.24, 2.45) is 0 Å². The zero-order valence-electron chi connectivity index (χ0n) is 22.3. The van der Waals surface area contributed by atoms with Crippen molar-refractivity contribution in [3.8, 4) is 11.1 Å². The third-order valence-corrected chi connectivity index (χ3v) is 8.78. The molecule has 2 atom stereocenters. The predicted octanol–water partition coefficient (Wildman–Crippen LogP) is 10.0. The summed E-state index contributed by atoms with van der Waals surface area (Å²) in [6.45, 7) is 0. The van der Waals surface area contributed by atoms with E-state index in [0.717, 1.165) is 21.9 Å². The summed E-state index contributed by atoms with van der Waals surface area (Å²) in [4.78, 5) is 5.05. The van der Waals surface area contributed by atoms with Gasteiger partial charge in [-0.05, 0) is 76.9 Å². The average molecular weight is 527 g/mol. The number of rotatable bonds is 3. The molecule has 3 heteroatoms. The lowest BCUT2D eigenvalue weighted by molar-refractivity contribution is 0.669. The summed E-state index contributed by atoms with van der Waals surface area (Å²) < 4.78 is 6.07. The van der Waals surface area contributed by atoms with E-state index in [1.165, 1.54) is 45.0 Å². The molecule has 0 saturated heterocycles. The second-order valence-corrected chi connectivity index (χ2v) is 10.9. The normalized spacial score (nSPS) is 17.2. The minimum Gasteiger partial charge on any atom is -0.456 e. The van der Waals surface area contributed by atoms with Gasteiger partial charge < -0.3 is 14.2 Å². The van der Waals surface area contributed by atoms with Crippen molar-refractivity contribution in [3.63, 3.8) is 0 Å². The molecule has 2 unspecified atom stereocenters. The van der Waals surface area contributed by atoms with Crippen LogP contribution < -0.4 is 9.80 Å². The van der Waals surface area contributed by atoms with Crippen LogP contribution in [0, 0.1) is 0 Å². The molecule has 7 aromatic rings. The van der Waals surface area contributed by atoms with E-state index in [1.807, 2.05) is 12.1 Å². The first-order chi connectivity index (χ1) is 20.3. The van der Waals surface area contributed by atoms with Crippen LogP contribution in [0.4, 0.5) is 22.7 Å². The Labute approximate surface area is 238 Å². The number of para-hydroxylation sites is 4. The fraction of sp³-hybridized carbons (Fsp3) is 0.0526. The molecule has 2 aliphatic rings. The van der Waals surface area contributed by atoms with E-state index in [4.69, 9.17) is 4.42 Å². The lowest BCUT2D eigenvalue weighted by Gasteiger charge is -2.36. The van der Waals surface area contributed by atoms with Crippen LogP contribution in [-0.2, 0) is 0 Å². The van der Waals surface area contributed by atoms with E-state index in [9.17, 15) is 0 Å². The molecule has 0 spiro atoms. The summed E-state index contributed by atoms with van der Waals surface area (Å²) in [5, 5.41) is 2.31. The van der Waals surface area contributed by atoms with Crippen LogP contribution in [0.15, 0.2) is 150 Å². The highest BCUT2D eigenvalue weighted by Gasteiger charge is 2.49. The van der Waals surface area contributed by atoms with Gasteiger partial charge in [-0.1, -0.05) is 91.0 Å². The van der Waals surface area contributed by atoms with Crippen LogP contribution in [-0.4, -0.2) is 6.17 Å². The molecule has 6 aromatic carbocycles. The Morgan fingerprint density at radius 2 is 1.00 bits per heavy atom. The summed E-state index contributed by atoms with van der Waals surface area (Å²) >= 11 is 0. The minimum atomic E-state index is 0.117. The van der Waals surface area contributed by atoms with Gasteiger partial charge in [0.25, 0.3) is 0 Å². The molecule has 1 aromatic heterocycles. The monoisotopic (exact) mass is 526 g/mol. The second-order valence-electron chi connectivity index (χ2n) is 10.9. The third-order valence-electron chi connectivity index (χ3n) is 8.78. The Morgan fingerprint density at radius 3 is 1.73 bits per heavy atom. The van der Waals surface area contributed by atoms with Crippen LogP contribution in [0.5, 0.6) is 0 Å². The standard InChI is InChI=1S/C38H26N2O/c1-2-10-27(11-3-1)39-33-15-7-4-13-30(33)37-31-14-5-8-16-34(31)40(38(37)39)28-21-18-25(19-22-28)26-20-23-36-32(24-26)29-12-6-9-17-35(29)41-36/h1-24,37-38H. The minimum absolute atomic E-state index is 0.117. The molecule has 3 heterocycles. The van der Waals surface area contributed by atoms with E-state index in [2.05, 4.69) is 143 Å². The molecule has 0 aliphatic carbocycles. The number of hydrogen-bond acceptors (Lipinski definition) is 3. The van der Waals surface area contributed by atoms with Crippen molar-refractivity contribution in [1.29, 1.82) is 0 Å². The fourth-order valence-corrected chi connectivity index (χ4v) is 7.02. The molecule has 0 fully saturated rings. The van der Waals surface area contributed by atoms with Gasteiger partial charge in [0, 0.05) is 33.5 Å². The van der Waals surface area contributed by atoms with Crippen molar-refractivity contribution in [2.75, 3.05) is 9.80 Å². The Bertz CT molecular complexity index is 2060. The maximum absolute atomic E-state index is 6.07. The van der Waals surface area contributed by atoms with Crippen molar-refractivity contribution in [1.82, 2.24) is 0 Å². The van der Waals surface area contributed by atoms with Crippen LogP contribution >= 0.6 is 0 Å². The largest absolute Gasteiger partial charge is 0.456 e. The first kappa shape index (κ1) is 22.5. The molecule has 2 aliphatic heterocycles. The van der Waals surface area contributed by atoms with Gasteiger partial charge in [0.05, 0.1) is 5.92 Å². The maximum atomic E-state index is 6.07. The van der Waals surface area contributed by atoms with Gasteiger partial charge in [-0.3, -0.25) is 0 Å². The van der Waals surface area contributed by atoms with Crippen LogP contribution in [0.1, 0.15) is 17.0 Å². The van der Waals surface area contributed by atoms with Gasteiger partial charge in [-0.2, -0.15) is 0 Å². The molecule has 0 N–H and O–H groups in total. The average Bonchev–Trinajstić information content (AvgIpc) is 3.69. The van der Waals surface area contributed by atoms with Gasteiger partial charge in [-0.15, -0.1) is 0 Å². The fourth-order valence-electron chi connectivity index (χ4n) is 7.02. The van der Waals surface area contributed by atoms with Crippen molar-refractivity contribution in [3.05, 3.63) is 157 Å². The van der Waals surface area contributed by atoms with Crippen LogP contribution in [0.3, 0.4) is 0 Å². The summed E-state index contributed by atoms with van der Waals surface area (Å²) in [5.41, 5.74) is 12.0. The zero-order chi connectivity index (χ0) is 26.9. The van der Waals surface area contributed by atoms with E-state index >= 15 is 0 Å². The number of nitrogens with zero attached hydrogens (tertiary/aromatic N) is 2. The summed E-state index contributed by atoms with van der Waals surface area (Å²) in [5.74, 6) is 0.263. The predicted molar refractivity (Wildman–Crippen MR) is 168 cm³/mol. The van der Waals surface area contributed by atoms with E-state index in [-0.39, 0.29) is 12.1 Å². The maximum Gasteiger partial charge on any atom is 0.135 e. The quantitative estimate of drug-likeness (QED) is 0.228. The number of anilines is 4. The first-order valence-electron chi connectivity index (χ1n) is 14.2. The Kier molecular flexibility index (Phi) is 4.73. The zero-order valence-corrected chi connectivity index (χ0v) is 22.3. The van der Waals surface area contributed by atoms with E-state index < -0.39 is 0 Å². The molecule has 0 bridgehead atoms. The molecule has 0 radical (unpaired) electrons. The van der Waals surface area contributed by atoms with Gasteiger partial charge in [0.1, 0.15) is 17.3 Å². The Balaban J connectivity index is 1.17. The van der Waals surface area contributed by atoms with Crippen molar-refractivity contribution < 1.29 is 4.42 Å². The van der Waals surface area contributed by atoms with Crippen molar-refractivity contribution >= 4 is 44.7 Å². The molecule has 0 amide bonds. The molecular weight excluding hydrogens is 500 g/mol. The third kappa shape index (κ3) is 3.26. The SMILES string of the molecule is c1ccc(N2c3ccccc3C3c4ccccc4N(c4ccc(-c5ccc6oc7ccccc7c6c5)cc4)C32)cc1. The molecule has 194 valence electrons. The molecule has 9 rings (SSSR count). The van der Waals surface area contributed by atoms with Gasteiger partial charge in [-0.25, -0.2) is 0 Å². The molecule has 3 nitrogen and oxygen atoms in total. The second kappa shape index (κ2) is 8.61. The highest BCUT2D eigenvalue weighted by Crippen LogP contribution is 2.57. The van der Waals surface area contributed by atoms with Gasteiger partial charge in [0.15, 0.2) is 0 Å². The van der Waals surface area contributed by atoms with Crippen LogP contribution in [0.25, 0.3) is 33.1 Å². The topological polar surface area (TPSA) is 19.6 Å². The van der Waals surface area contributed by atoms with Gasteiger partial charge in [0.2, 0.25) is 0 Å². The smallest absolute Gasteiger partial charge is 0.135 e. The van der Waals surface area contributed by atoms with E-state index in [1.54, 1.807) is 0 Å². The first-order valence-corrected chi connectivity index (χ1v) is 14.2. The summed E-state index contributed by atoms with van der Waals surface area (Å²) in [6.07, 6.45) is 0.117. The molecular formula is C38H26N2O. The van der Waals surface area contributed by atoms with Crippen molar-refractivity contribution in [2.45, 2.75) is 12.1 Å². The lowest BCUT2D eigenvalue weighted by Crippen LogP contribution is -2.40. The van der Waals surface area contributed by atoms with Gasteiger partial charge >= 0.3 is 0 Å². The number of fused-ring (bicyclic) bond motifs is 8. The number of hydrogen-bond donors (Lipinski definition) is 0. The Hall–Kier alpha value is -5.28. The highest BCUT2D eigenvalue weighted by atomic mass is 16.3. The molecule has 0 saturated carbocycles. The lowest BCUT2D eigenvalue weighted by atomic mass is 9.93. The van der Waals surface area contributed by atoms with Crippen LogP contribution in [0.2, 0.25) is 0 Å². The Morgan fingerprint density at radius 1 is 0.439 bits per heavy atom. The molecule has 41 heavy (non-hydrogen) atoms.